The van der Waals surface area contributed by atoms with Crippen molar-refractivity contribution in [2.24, 2.45) is 10.9 Å². The normalized spacial score (nSPS) is 22.3. The summed E-state index contributed by atoms with van der Waals surface area (Å²) < 4.78 is 0. The second kappa shape index (κ2) is 11.3. The van der Waals surface area contributed by atoms with Gasteiger partial charge in [0.05, 0.1) is 11.1 Å². The Morgan fingerprint density at radius 3 is 2.85 bits per heavy atom. The van der Waals surface area contributed by atoms with Crippen LogP contribution in [0.2, 0.25) is 5.02 Å². The molecule has 3 N–H and O–H groups in total. The molecule has 1 saturated heterocycles. The summed E-state index contributed by atoms with van der Waals surface area (Å²) >= 11 is 6.25. The van der Waals surface area contributed by atoms with Crippen molar-refractivity contribution in [3.8, 4) is 0 Å². The third-order valence-electron chi connectivity index (χ3n) is 5.46. The molecule has 152 valence electrons. The van der Waals surface area contributed by atoms with E-state index in [4.69, 9.17) is 11.6 Å². The molecule has 2 heterocycles. The first kappa shape index (κ1) is 22.5. The first-order valence-electron chi connectivity index (χ1n) is 9.68. The molecule has 1 saturated carbocycles. The van der Waals surface area contributed by atoms with E-state index in [9.17, 15) is 5.11 Å². The lowest BCUT2D eigenvalue weighted by Gasteiger charge is -2.27. The van der Waals surface area contributed by atoms with E-state index in [1.54, 1.807) is 13.2 Å². The van der Waals surface area contributed by atoms with Crippen molar-refractivity contribution in [2.45, 2.75) is 50.7 Å². The van der Waals surface area contributed by atoms with Crippen LogP contribution >= 0.6 is 35.6 Å². The van der Waals surface area contributed by atoms with E-state index < -0.39 is 0 Å². The molecule has 0 amide bonds. The van der Waals surface area contributed by atoms with Crippen LogP contribution < -0.4 is 15.5 Å². The Labute approximate surface area is 184 Å². The van der Waals surface area contributed by atoms with Crippen LogP contribution in [0.4, 0.5) is 5.82 Å². The lowest BCUT2D eigenvalue weighted by atomic mass is 9.85. The molecule has 2 unspecified atom stereocenters. The molecule has 27 heavy (non-hydrogen) atoms. The van der Waals surface area contributed by atoms with Gasteiger partial charge in [-0.15, -0.1) is 24.0 Å². The Kier molecular flexibility index (Phi) is 9.38. The molecule has 1 aliphatic heterocycles. The van der Waals surface area contributed by atoms with Gasteiger partial charge in [0.25, 0.3) is 0 Å². The van der Waals surface area contributed by atoms with E-state index in [0.717, 1.165) is 44.1 Å². The minimum Gasteiger partial charge on any atom is -0.391 e. The smallest absolute Gasteiger partial charge is 0.191 e. The SMILES string of the molecule is CN=C(NCC(O)C1CCCCC1)NC1CCN(c2ncccc2Cl)C1.I. The van der Waals surface area contributed by atoms with Gasteiger partial charge in [-0.1, -0.05) is 30.9 Å². The molecule has 6 nitrogen and oxygen atoms in total. The van der Waals surface area contributed by atoms with Gasteiger partial charge >= 0.3 is 0 Å². The summed E-state index contributed by atoms with van der Waals surface area (Å²) in [6.07, 6.45) is 8.52. The van der Waals surface area contributed by atoms with Crippen molar-refractivity contribution in [3.63, 3.8) is 0 Å². The van der Waals surface area contributed by atoms with Crippen molar-refractivity contribution in [1.29, 1.82) is 0 Å². The molecule has 3 rings (SSSR count). The van der Waals surface area contributed by atoms with Crippen LogP contribution in [0.15, 0.2) is 23.3 Å². The maximum Gasteiger partial charge on any atom is 0.191 e. The summed E-state index contributed by atoms with van der Waals surface area (Å²) in [5.74, 6) is 2.01. The van der Waals surface area contributed by atoms with Gasteiger partial charge in [0, 0.05) is 38.9 Å². The molecule has 0 bridgehead atoms. The fraction of sp³-hybridized carbons (Fsp3) is 0.684. The van der Waals surface area contributed by atoms with Crippen LogP contribution in [0.3, 0.4) is 0 Å². The molecule has 2 atom stereocenters. The van der Waals surface area contributed by atoms with Crippen molar-refractivity contribution in [3.05, 3.63) is 23.4 Å². The topological polar surface area (TPSA) is 72.8 Å². The van der Waals surface area contributed by atoms with Crippen LogP contribution in [0.1, 0.15) is 38.5 Å². The zero-order valence-corrected chi connectivity index (χ0v) is 19.0. The van der Waals surface area contributed by atoms with Gasteiger partial charge < -0.3 is 20.6 Å². The van der Waals surface area contributed by atoms with Crippen LogP contribution in [0, 0.1) is 5.92 Å². The molecule has 0 aromatic carbocycles. The Morgan fingerprint density at radius 2 is 2.15 bits per heavy atom. The average Bonchev–Trinajstić information content (AvgIpc) is 3.14. The summed E-state index contributed by atoms with van der Waals surface area (Å²) in [6, 6.07) is 4.00. The quantitative estimate of drug-likeness (QED) is 0.325. The van der Waals surface area contributed by atoms with Crippen LogP contribution in [-0.2, 0) is 0 Å². The zero-order valence-electron chi connectivity index (χ0n) is 15.9. The van der Waals surface area contributed by atoms with Crippen molar-refractivity contribution in [2.75, 3.05) is 31.6 Å². The first-order chi connectivity index (χ1) is 12.7. The van der Waals surface area contributed by atoms with Crippen LogP contribution in [-0.4, -0.2) is 54.9 Å². The Morgan fingerprint density at radius 1 is 1.37 bits per heavy atom. The number of aliphatic hydroxyl groups excluding tert-OH is 1. The number of nitrogens with zero attached hydrogens (tertiary/aromatic N) is 3. The highest BCUT2D eigenvalue weighted by Crippen LogP contribution is 2.27. The number of hydrogen-bond acceptors (Lipinski definition) is 4. The summed E-state index contributed by atoms with van der Waals surface area (Å²) in [7, 11) is 1.77. The largest absolute Gasteiger partial charge is 0.391 e. The Bertz CT molecular complexity index is 612. The number of pyridine rings is 1. The van der Waals surface area contributed by atoms with E-state index in [-0.39, 0.29) is 36.1 Å². The fourth-order valence-electron chi connectivity index (χ4n) is 3.96. The van der Waals surface area contributed by atoms with Crippen molar-refractivity contribution < 1.29 is 5.11 Å². The maximum atomic E-state index is 10.4. The molecular formula is C19H31ClIN5O. The lowest BCUT2D eigenvalue weighted by Crippen LogP contribution is -2.47. The Balaban J connectivity index is 0.00000261. The highest BCUT2D eigenvalue weighted by atomic mass is 127. The average molecular weight is 508 g/mol. The van der Waals surface area contributed by atoms with E-state index in [1.165, 1.54) is 19.3 Å². The van der Waals surface area contributed by atoms with E-state index >= 15 is 0 Å². The third kappa shape index (κ3) is 6.35. The number of aromatic nitrogens is 1. The number of nitrogens with one attached hydrogen (secondary N) is 2. The number of guanidine groups is 1. The molecule has 2 fully saturated rings. The minimum atomic E-state index is -0.304. The van der Waals surface area contributed by atoms with Gasteiger partial charge in [0.2, 0.25) is 0 Å². The number of aliphatic imine (C=N–C) groups is 1. The number of rotatable bonds is 5. The van der Waals surface area contributed by atoms with E-state index in [2.05, 4.69) is 25.5 Å². The van der Waals surface area contributed by atoms with Gasteiger partial charge in [0.15, 0.2) is 5.96 Å². The first-order valence-corrected chi connectivity index (χ1v) is 10.1. The summed E-state index contributed by atoms with van der Waals surface area (Å²) in [5, 5.41) is 17.9. The molecule has 0 spiro atoms. The van der Waals surface area contributed by atoms with E-state index in [1.807, 2.05) is 12.1 Å². The van der Waals surface area contributed by atoms with Gasteiger partial charge in [-0.2, -0.15) is 0 Å². The molecule has 1 aromatic heterocycles. The zero-order chi connectivity index (χ0) is 18.4. The Hall–Kier alpha value is -0.800. The van der Waals surface area contributed by atoms with E-state index in [0.29, 0.717) is 17.5 Å². The molecule has 1 aromatic rings. The standard InChI is InChI=1S/C19H30ClN5O.HI/c1-21-19(23-12-17(26)14-6-3-2-4-7-14)24-15-9-11-25(13-15)18-16(20)8-5-10-22-18;/h5,8,10,14-15,17,26H,2-4,6-7,9,11-13H2,1H3,(H2,21,23,24);1H. The van der Waals surface area contributed by atoms with Gasteiger partial charge in [-0.3, -0.25) is 4.99 Å². The van der Waals surface area contributed by atoms with Gasteiger partial charge in [-0.05, 0) is 37.3 Å². The summed E-state index contributed by atoms with van der Waals surface area (Å²) in [4.78, 5) is 10.9. The number of aliphatic hydroxyl groups is 1. The number of halogens is 2. The number of hydrogen-bond donors (Lipinski definition) is 3. The molecular weight excluding hydrogens is 477 g/mol. The van der Waals surface area contributed by atoms with Gasteiger partial charge in [0.1, 0.15) is 5.82 Å². The highest BCUT2D eigenvalue weighted by Gasteiger charge is 2.26. The molecule has 2 aliphatic rings. The second-order valence-electron chi connectivity index (χ2n) is 7.30. The maximum absolute atomic E-state index is 10.4. The minimum absolute atomic E-state index is 0. The molecule has 1 aliphatic carbocycles. The predicted molar refractivity (Wildman–Crippen MR) is 122 cm³/mol. The summed E-state index contributed by atoms with van der Waals surface area (Å²) in [6.45, 7) is 2.30. The van der Waals surface area contributed by atoms with Crippen LogP contribution in [0.25, 0.3) is 0 Å². The monoisotopic (exact) mass is 507 g/mol. The number of anilines is 1. The summed E-state index contributed by atoms with van der Waals surface area (Å²) in [5.41, 5.74) is 0. The fourth-order valence-corrected chi connectivity index (χ4v) is 4.20. The van der Waals surface area contributed by atoms with Gasteiger partial charge in [-0.25, -0.2) is 4.98 Å². The third-order valence-corrected chi connectivity index (χ3v) is 5.76. The lowest BCUT2D eigenvalue weighted by molar-refractivity contribution is 0.0879. The predicted octanol–water partition coefficient (Wildman–Crippen LogP) is 3.04. The van der Waals surface area contributed by atoms with Crippen molar-refractivity contribution >= 4 is 47.4 Å². The second-order valence-corrected chi connectivity index (χ2v) is 7.71. The highest BCUT2D eigenvalue weighted by molar-refractivity contribution is 14.0. The molecule has 0 radical (unpaired) electrons. The van der Waals surface area contributed by atoms with Crippen LogP contribution in [0.5, 0.6) is 0 Å². The molecule has 8 heteroatoms. The van der Waals surface area contributed by atoms with Crippen molar-refractivity contribution in [1.82, 2.24) is 15.6 Å².